The van der Waals surface area contributed by atoms with Crippen LogP contribution in [0.1, 0.15) is 12.8 Å². The van der Waals surface area contributed by atoms with E-state index < -0.39 is 39.4 Å². The van der Waals surface area contributed by atoms with Crippen LogP contribution < -0.4 is 4.74 Å². The molecular formula is C20H20F3NO5S. The summed E-state index contributed by atoms with van der Waals surface area (Å²) in [5.41, 5.74) is 0. The van der Waals surface area contributed by atoms with Gasteiger partial charge in [-0.15, -0.1) is 0 Å². The van der Waals surface area contributed by atoms with Gasteiger partial charge in [0.1, 0.15) is 13.2 Å². The Hall–Kier alpha value is -2.59. The lowest BCUT2D eigenvalue weighted by Gasteiger charge is -2.30. The minimum atomic E-state index is -3.99. The number of benzene rings is 2. The molecule has 0 aromatic heterocycles. The third-order valence-electron chi connectivity index (χ3n) is 4.74. The standard InChI is InChI=1S/C20H20F3NO5S/c21-16-6-5-15(13-18(16)23)30(26,27)24-9-7-14(8-10-24)20(25)29-12-11-28-19-4-2-1-3-17(19)22/h1-6,13-14H,7-12H2. The molecule has 1 aliphatic heterocycles. The number of hydrogen-bond donors (Lipinski definition) is 0. The molecule has 1 saturated heterocycles. The molecule has 2 aromatic carbocycles. The van der Waals surface area contributed by atoms with Crippen LogP contribution in [0.25, 0.3) is 0 Å². The maximum Gasteiger partial charge on any atom is 0.309 e. The maximum absolute atomic E-state index is 13.4. The van der Waals surface area contributed by atoms with E-state index in [-0.39, 0.29) is 49.8 Å². The fraction of sp³-hybridized carbons (Fsp3) is 0.350. The van der Waals surface area contributed by atoms with Gasteiger partial charge in [0.15, 0.2) is 23.2 Å². The van der Waals surface area contributed by atoms with Gasteiger partial charge in [-0.25, -0.2) is 21.6 Å². The fourth-order valence-corrected chi connectivity index (χ4v) is 4.57. The predicted molar refractivity (Wildman–Crippen MR) is 101 cm³/mol. The van der Waals surface area contributed by atoms with Crippen LogP contribution in [0.15, 0.2) is 47.4 Å². The summed E-state index contributed by atoms with van der Waals surface area (Å²) >= 11 is 0. The van der Waals surface area contributed by atoms with Gasteiger partial charge in [0, 0.05) is 13.1 Å². The van der Waals surface area contributed by atoms with Crippen molar-refractivity contribution < 1.29 is 35.9 Å². The van der Waals surface area contributed by atoms with Crippen LogP contribution in [0, 0.1) is 23.4 Å². The number of halogens is 3. The topological polar surface area (TPSA) is 72.9 Å². The van der Waals surface area contributed by atoms with Crippen LogP contribution >= 0.6 is 0 Å². The van der Waals surface area contributed by atoms with E-state index in [1.165, 1.54) is 18.2 Å². The summed E-state index contributed by atoms with van der Waals surface area (Å²) in [6, 6.07) is 8.26. The normalized spacial score (nSPS) is 15.7. The highest BCUT2D eigenvalue weighted by atomic mass is 32.2. The fourth-order valence-electron chi connectivity index (χ4n) is 3.09. The van der Waals surface area contributed by atoms with E-state index in [1.54, 1.807) is 6.07 Å². The zero-order valence-corrected chi connectivity index (χ0v) is 16.7. The second-order valence-electron chi connectivity index (χ2n) is 6.70. The molecule has 0 radical (unpaired) electrons. The molecule has 162 valence electrons. The lowest BCUT2D eigenvalue weighted by molar-refractivity contribution is -0.150. The molecular weight excluding hydrogens is 423 g/mol. The van der Waals surface area contributed by atoms with Crippen molar-refractivity contribution in [1.29, 1.82) is 0 Å². The van der Waals surface area contributed by atoms with Gasteiger partial charge in [0.2, 0.25) is 10.0 Å². The van der Waals surface area contributed by atoms with E-state index in [2.05, 4.69) is 0 Å². The molecule has 2 aromatic rings. The van der Waals surface area contributed by atoms with E-state index in [0.717, 1.165) is 16.4 Å². The van der Waals surface area contributed by atoms with Crippen LogP contribution in [0.2, 0.25) is 0 Å². The molecule has 0 atom stereocenters. The number of para-hydroxylation sites is 1. The summed E-state index contributed by atoms with van der Waals surface area (Å²) in [6.07, 6.45) is 0.464. The van der Waals surface area contributed by atoms with Crippen LogP contribution in [-0.2, 0) is 19.6 Å². The smallest absolute Gasteiger partial charge is 0.309 e. The molecule has 1 aliphatic rings. The third kappa shape index (κ3) is 5.11. The van der Waals surface area contributed by atoms with Crippen LogP contribution in [0.4, 0.5) is 13.2 Å². The molecule has 3 rings (SSSR count). The summed E-state index contributed by atoms with van der Waals surface area (Å²) in [4.78, 5) is 11.8. The zero-order valence-electron chi connectivity index (χ0n) is 15.9. The Morgan fingerprint density at radius 3 is 2.33 bits per heavy atom. The first-order valence-corrected chi connectivity index (χ1v) is 10.7. The van der Waals surface area contributed by atoms with Crippen molar-refractivity contribution in [3.63, 3.8) is 0 Å². The molecule has 0 amide bonds. The largest absolute Gasteiger partial charge is 0.487 e. The van der Waals surface area contributed by atoms with Crippen molar-refractivity contribution in [3.05, 3.63) is 59.9 Å². The molecule has 0 aliphatic carbocycles. The molecule has 1 fully saturated rings. The summed E-state index contributed by atoms with van der Waals surface area (Å²) in [5.74, 6) is -3.81. The average molecular weight is 443 g/mol. The van der Waals surface area contributed by atoms with Gasteiger partial charge in [-0.1, -0.05) is 12.1 Å². The summed E-state index contributed by atoms with van der Waals surface area (Å²) in [7, 11) is -3.99. The highest BCUT2D eigenvalue weighted by molar-refractivity contribution is 7.89. The van der Waals surface area contributed by atoms with E-state index in [4.69, 9.17) is 9.47 Å². The number of carbonyl (C=O) groups excluding carboxylic acids is 1. The number of rotatable bonds is 7. The number of sulfonamides is 1. The summed E-state index contributed by atoms with van der Waals surface area (Å²) in [6.45, 7) is 0.0101. The molecule has 0 N–H and O–H groups in total. The highest BCUT2D eigenvalue weighted by Gasteiger charge is 2.33. The van der Waals surface area contributed by atoms with Crippen LogP contribution in [-0.4, -0.2) is 45.0 Å². The lowest BCUT2D eigenvalue weighted by Crippen LogP contribution is -2.40. The monoisotopic (exact) mass is 443 g/mol. The number of nitrogens with zero attached hydrogens (tertiary/aromatic N) is 1. The third-order valence-corrected chi connectivity index (χ3v) is 6.63. The van der Waals surface area contributed by atoms with Gasteiger partial charge in [-0.05, 0) is 43.2 Å². The molecule has 1 heterocycles. The van der Waals surface area contributed by atoms with Gasteiger partial charge in [0.25, 0.3) is 0 Å². The Morgan fingerprint density at radius 2 is 1.67 bits per heavy atom. The highest BCUT2D eigenvalue weighted by Crippen LogP contribution is 2.25. The Labute approximate surface area is 172 Å². The van der Waals surface area contributed by atoms with E-state index in [1.807, 2.05) is 0 Å². The van der Waals surface area contributed by atoms with Gasteiger partial charge in [0.05, 0.1) is 10.8 Å². The van der Waals surface area contributed by atoms with Crippen molar-refractivity contribution in [2.45, 2.75) is 17.7 Å². The second-order valence-corrected chi connectivity index (χ2v) is 8.64. The molecule has 0 bridgehead atoms. The first kappa shape index (κ1) is 22.1. The Morgan fingerprint density at radius 1 is 0.967 bits per heavy atom. The number of esters is 1. The minimum absolute atomic E-state index is 0.0178. The second kappa shape index (κ2) is 9.48. The first-order chi connectivity index (χ1) is 14.3. The van der Waals surface area contributed by atoms with E-state index in [0.29, 0.717) is 6.07 Å². The van der Waals surface area contributed by atoms with E-state index in [9.17, 15) is 26.4 Å². The van der Waals surface area contributed by atoms with Crippen molar-refractivity contribution in [1.82, 2.24) is 4.31 Å². The quantitative estimate of drug-likeness (QED) is 0.486. The Kier molecular flexibility index (Phi) is 6.99. The van der Waals surface area contributed by atoms with Crippen molar-refractivity contribution in [3.8, 4) is 5.75 Å². The molecule has 0 saturated carbocycles. The summed E-state index contributed by atoms with van der Waals surface area (Å²) in [5, 5.41) is 0. The number of hydrogen-bond acceptors (Lipinski definition) is 5. The van der Waals surface area contributed by atoms with Gasteiger partial charge < -0.3 is 9.47 Å². The predicted octanol–water partition coefficient (Wildman–Crippen LogP) is 3.13. The van der Waals surface area contributed by atoms with Gasteiger partial charge in [-0.2, -0.15) is 4.31 Å². The SMILES string of the molecule is O=C(OCCOc1ccccc1F)C1CCN(S(=O)(=O)c2ccc(F)c(F)c2)CC1. The molecule has 0 unspecified atom stereocenters. The van der Waals surface area contributed by atoms with E-state index >= 15 is 0 Å². The maximum atomic E-state index is 13.4. The van der Waals surface area contributed by atoms with Crippen molar-refractivity contribution >= 4 is 16.0 Å². The van der Waals surface area contributed by atoms with Crippen molar-refractivity contribution in [2.75, 3.05) is 26.3 Å². The Bertz CT molecular complexity index is 1010. The Balaban J connectivity index is 1.47. The van der Waals surface area contributed by atoms with Gasteiger partial charge in [-0.3, -0.25) is 4.79 Å². The first-order valence-electron chi connectivity index (χ1n) is 9.28. The molecule has 0 spiro atoms. The number of piperidine rings is 1. The molecule has 6 nitrogen and oxygen atoms in total. The zero-order chi connectivity index (χ0) is 21.7. The molecule has 10 heteroatoms. The molecule has 30 heavy (non-hydrogen) atoms. The van der Waals surface area contributed by atoms with Crippen LogP contribution in [0.3, 0.4) is 0 Å². The summed E-state index contributed by atoms with van der Waals surface area (Å²) < 4.78 is 76.5. The van der Waals surface area contributed by atoms with Crippen LogP contribution in [0.5, 0.6) is 5.75 Å². The minimum Gasteiger partial charge on any atom is -0.487 e. The lowest BCUT2D eigenvalue weighted by atomic mass is 9.98. The number of ether oxygens (including phenoxy) is 2. The van der Waals surface area contributed by atoms with Crippen molar-refractivity contribution in [2.24, 2.45) is 5.92 Å². The average Bonchev–Trinajstić information content (AvgIpc) is 2.74. The number of carbonyl (C=O) groups is 1. The van der Waals surface area contributed by atoms with Gasteiger partial charge >= 0.3 is 5.97 Å².